The first kappa shape index (κ1) is 39.1. The molecule has 8 heteroatoms. The van der Waals surface area contributed by atoms with E-state index in [9.17, 15) is 19.5 Å². The van der Waals surface area contributed by atoms with Gasteiger partial charge in [0.2, 0.25) is 0 Å². The van der Waals surface area contributed by atoms with Crippen LogP contribution in [0.4, 0.5) is 0 Å². The molecule has 0 aromatic rings. The van der Waals surface area contributed by atoms with Gasteiger partial charge in [0.25, 0.3) is 0 Å². The number of carboxylic acids is 1. The van der Waals surface area contributed by atoms with Gasteiger partial charge < -0.3 is 28.6 Å². The Hall–Kier alpha value is -1.93. The molecule has 0 bridgehead atoms. The number of hydrogen-bond acceptors (Lipinski definition) is 7. The molecule has 0 heterocycles. The summed E-state index contributed by atoms with van der Waals surface area (Å²) in [7, 11) is 5.37. The molecule has 0 N–H and O–H groups in total. The molecule has 41 heavy (non-hydrogen) atoms. The minimum atomic E-state index is -1.13. The SMILES string of the molecule is CCCCCC/C=C/CCCC(=O)OCC(COCCC(C(=O)[O-])[N+](C)(C)C)OC(=O)CCCCCCCCCC. The van der Waals surface area contributed by atoms with Crippen molar-refractivity contribution in [1.29, 1.82) is 0 Å². The Kier molecular flexibility index (Phi) is 24.5. The van der Waals surface area contributed by atoms with Gasteiger partial charge in [-0.05, 0) is 32.1 Å². The number of quaternary nitrogens is 1. The number of rotatable bonds is 28. The maximum atomic E-state index is 12.5. The van der Waals surface area contributed by atoms with Crippen molar-refractivity contribution in [2.75, 3.05) is 41.0 Å². The topological polar surface area (TPSA) is 102 Å². The summed E-state index contributed by atoms with van der Waals surface area (Å²) in [5.74, 6) is -1.79. The van der Waals surface area contributed by atoms with E-state index in [-0.39, 0.29) is 42.7 Å². The number of carbonyl (C=O) groups excluding carboxylic acids is 3. The lowest BCUT2D eigenvalue weighted by atomic mass is 10.1. The molecule has 0 amide bonds. The quantitative estimate of drug-likeness (QED) is 0.0489. The Morgan fingerprint density at radius 1 is 0.707 bits per heavy atom. The number of aliphatic carboxylic acids is 1. The van der Waals surface area contributed by atoms with Gasteiger partial charge >= 0.3 is 11.9 Å². The third kappa shape index (κ3) is 24.4. The summed E-state index contributed by atoms with van der Waals surface area (Å²) in [6.45, 7) is 4.53. The Labute approximate surface area is 250 Å². The van der Waals surface area contributed by atoms with E-state index < -0.39 is 18.1 Å². The Balaban J connectivity index is 4.54. The third-order valence-corrected chi connectivity index (χ3v) is 7.15. The zero-order valence-corrected chi connectivity index (χ0v) is 27.0. The van der Waals surface area contributed by atoms with E-state index in [1.807, 2.05) is 0 Å². The van der Waals surface area contributed by atoms with Gasteiger partial charge in [-0.25, -0.2) is 0 Å². The van der Waals surface area contributed by atoms with Crippen LogP contribution in [-0.2, 0) is 28.6 Å². The van der Waals surface area contributed by atoms with Crippen molar-refractivity contribution in [1.82, 2.24) is 0 Å². The van der Waals surface area contributed by atoms with Gasteiger partial charge in [0.1, 0.15) is 12.6 Å². The maximum absolute atomic E-state index is 12.5. The Morgan fingerprint density at radius 3 is 1.83 bits per heavy atom. The molecule has 0 aliphatic carbocycles. The average Bonchev–Trinajstić information content (AvgIpc) is 2.91. The number of unbranched alkanes of at least 4 members (excludes halogenated alkanes) is 12. The van der Waals surface area contributed by atoms with Crippen molar-refractivity contribution >= 4 is 17.9 Å². The molecule has 2 atom stereocenters. The minimum Gasteiger partial charge on any atom is -0.544 e. The molecule has 0 aromatic carbocycles. The van der Waals surface area contributed by atoms with Crippen LogP contribution in [0, 0.1) is 0 Å². The highest BCUT2D eigenvalue weighted by Crippen LogP contribution is 2.12. The molecule has 0 aromatic heterocycles. The van der Waals surface area contributed by atoms with Crippen molar-refractivity contribution in [2.45, 2.75) is 142 Å². The van der Waals surface area contributed by atoms with Crippen molar-refractivity contribution in [3.05, 3.63) is 12.2 Å². The van der Waals surface area contributed by atoms with E-state index in [1.165, 1.54) is 57.8 Å². The molecule has 2 unspecified atom stereocenters. The molecular formula is C33H61NO7. The van der Waals surface area contributed by atoms with Gasteiger partial charge in [-0.3, -0.25) is 9.59 Å². The largest absolute Gasteiger partial charge is 0.544 e. The van der Waals surface area contributed by atoms with Gasteiger partial charge in [-0.1, -0.05) is 90.2 Å². The number of esters is 2. The maximum Gasteiger partial charge on any atom is 0.306 e. The predicted octanol–water partition coefficient (Wildman–Crippen LogP) is 5.90. The van der Waals surface area contributed by atoms with Crippen LogP contribution >= 0.6 is 0 Å². The van der Waals surface area contributed by atoms with Crippen LogP contribution in [0.2, 0.25) is 0 Å². The fourth-order valence-corrected chi connectivity index (χ4v) is 4.54. The first-order chi connectivity index (χ1) is 19.6. The third-order valence-electron chi connectivity index (χ3n) is 7.15. The predicted molar refractivity (Wildman–Crippen MR) is 162 cm³/mol. The molecule has 0 aliphatic heterocycles. The number of nitrogens with zero attached hydrogens (tertiary/aromatic N) is 1. The Bertz CT molecular complexity index is 702. The molecule has 0 saturated carbocycles. The van der Waals surface area contributed by atoms with Crippen molar-refractivity contribution in [3.8, 4) is 0 Å². The van der Waals surface area contributed by atoms with Crippen LogP contribution in [0.15, 0.2) is 12.2 Å². The van der Waals surface area contributed by atoms with Crippen LogP contribution in [0.1, 0.15) is 129 Å². The van der Waals surface area contributed by atoms with Crippen LogP contribution in [0.3, 0.4) is 0 Å². The van der Waals surface area contributed by atoms with Crippen LogP contribution in [-0.4, -0.2) is 75.5 Å². The first-order valence-corrected chi connectivity index (χ1v) is 16.2. The lowest BCUT2D eigenvalue weighted by Crippen LogP contribution is -2.55. The summed E-state index contributed by atoms with van der Waals surface area (Å²) in [6, 6.07) is -0.721. The highest BCUT2D eigenvalue weighted by atomic mass is 16.6. The number of carboxylic acid groups (broad SMARTS) is 1. The fraction of sp³-hybridized carbons (Fsp3) is 0.848. The van der Waals surface area contributed by atoms with Gasteiger partial charge in [-0.15, -0.1) is 0 Å². The van der Waals surface area contributed by atoms with Crippen LogP contribution < -0.4 is 5.11 Å². The molecule has 0 radical (unpaired) electrons. The lowest BCUT2D eigenvalue weighted by Gasteiger charge is -2.34. The number of hydrogen-bond donors (Lipinski definition) is 0. The van der Waals surface area contributed by atoms with Gasteiger partial charge in [0.05, 0.1) is 40.3 Å². The second kappa shape index (κ2) is 25.8. The summed E-state index contributed by atoms with van der Waals surface area (Å²) < 4.78 is 16.9. The summed E-state index contributed by atoms with van der Waals surface area (Å²) >= 11 is 0. The summed E-state index contributed by atoms with van der Waals surface area (Å²) in [5.41, 5.74) is 0. The van der Waals surface area contributed by atoms with Gasteiger partial charge in [0, 0.05) is 19.3 Å². The number of carbonyl (C=O) groups is 3. The van der Waals surface area contributed by atoms with E-state index in [0.717, 1.165) is 32.1 Å². The summed E-state index contributed by atoms with van der Waals surface area (Å²) in [6.07, 6.45) is 21.1. The molecule has 0 rings (SSSR count). The summed E-state index contributed by atoms with van der Waals surface area (Å²) in [4.78, 5) is 36.3. The molecule has 8 nitrogen and oxygen atoms in total. The number of allylic oxidation sites excluding steroid dienone is 2. The molecule has 0 spiro atoms. The Morgan fingerprint density at radius 2 is 1.24 bits per heavy atom. The molecule has 240 valence electrons. The van der Waals surface area contributed by atoms with E-state index in [1.54, 1.807) is 21.1 Å². The summed E-state index contributed by atoms with van der Waals surface area (Å²) in [5, 5.41) is 11.5. The van der Waals surface area contributed by atoms with Crippen molar-refractivity contribution in [3.63, 3.8) is 0 Å². The van der Waals surface area contributed by atoms with E-state index in [2.05, 4.69) is 26.0 Å². The van der Waals surface area contributed by atoms with Crippen LogP contribution in [0.5, 0.6) is 0 Å². The van der Waals surface area contributed by atoms with Crippen LogP contribution in [0.25, 0.3) is 0 Å². The number of likely N-dealkylation sites (N-methyl/N-ethyl adjacent to an activating group) is 1. The standard InChI is InChI=1S/C33H61NO7/c1-6-8-10-12-14-16-18-19-21-23-31(35)40-28-29(27-39-26-25-30(33(37)38)34(3,4)5)41-32(36)24-22-20-17-15-13-11-9-7-2/h16,18,29-30H,6-15,17,19-28H2,1-5H3/b18-16+. The highest BCUT2D eigenvalue weighted by Gasteiger charge is 2.25. The molecule has 0 aliphatic rings. The number of ether oxygens (including phenoxy) is 3. The van der Waals surface area contributed by atoms with Crippen molar-refractivity contribution < 1.29 is 38.2 Å². The van der Waals surface area contributed by atoms with Crippen molar-refractivity contribution in [2.24, 2.45) is 0 Å². The van der Waals surface area contributed by atoms with Gasteiger partial charge in [-0.2, -0.15) is 0 Å². The molecule has 0 saturated heterocycles. The highest BCUT2D eigenvalue weighted by molar-refractivity contribution is 5.70. The first-order valence-electron chi connectivity index (χ1n) is 16.2. The van der Waals surface area contributed by atoms with E-state index in [4.69, 9.17) is 14.2 Å². The zero-order valence-electron chi connectivity index (χ0n) is 27.0. The normalized spacial score (nSPS) is 13.3. The average molecular weight is 584 g/mol. The second-order valence-corrected chi connectivity index (χ2v) is 12.0. The van der Waals surface area contributed by atoms with Gasteiger partial charge in [0.15, 0.2) is 6.10 Å². The smallest absolute Gasteiger partial charge is 0.306 e. The zero-order chi connectivity index (χ0) is 30.8. The molecular weight excluding hydrogens is 522 g/mol. The van der Waals surface area contributed by atoms with E-state index >= 15 is 0 Å². The minimum absolute atomic E-state index is 0.0358. The monoisotopic (exact) mass is 583 g/mol. The molecule has 0 fully saturated rings. The lowest BCUT2D eigenvalue weighted by molar-refractivity contribution is -0.889. The van der Waals surface area contributed by atoms with E-state index in [0.29, 0.717) is 19.3 Å². The second-order valence-electron chi connectivity index (χ2n) is 12.0. The fourth-order valence-electron chi connectivity index (χ4n) is 4.54.